The summed E-state index contributed by atoms with van der Waals surface area (Å²) in [6, 6.07) is 3.47. The van der Waals surface area contributed by atoms with E-state index in [2.05, 4.69) is 20.2 Å². The third-order valence-corrected chi connectivity index (χ3v) is 7.08. The van der Waals surface area contributed by atoms with Crippen LogP contribution in [0.2, 0.25) is 0 Å². The Morgan fingerprint density at radius 3 is 2.41 bits per heavy atom. The van der Waals surface area contributed by atoms with Crippen LogP contribution in [0.25, 0.3) is 21.7 Å². The zero-order valence-electron chi connectivity index (χ0n) is 18.4. The lowest BCUT2D eigenvalue weighted by atomic mass is 10.2. The van der Waals surface area contributed by atoms with Crippen LogP contribution in [0.3, 0.4) is 0 Å². The summed E-state index contributed by atoms with van der Waals surface area (Å²) in [5.74, 6) is 2.31. The van der Waals surface area contributed by atoms with Crippen LogP contribution in [0.4, 0.5) is 0 Å². The number of nitrogens with one attached hydrogen (secondary N) is 1. The summed E-state index contributed by atoms with van der Waals surface area (Å²) in [7, 11) is 4.62. The molecule has 11 heteroatoms. The molecule has 1 atom stereocenters. The first-order chi connectivity index (χ1) is 15.4. The molecule has 3 aromatic heterocycles. The van der Waals surface area contributed by atoms with Crippen molar-refractivity contribution in [1.29, 1.82) is 0 Å². The first-order valence-corrected chi connectivity index (χ1v) is 11.4. The first-order valence-electron chi connectivity index (χ1n) is 9.66. The summed E-state index contributed by atoms with van der Waals surface area (Å²) in [6.07, 6.45) is 0. The van der Waals surface area contributed by atoms with Crippen molar-refractivity contribution in [2.24, 2.45) is 0 Å². The molecule has 1 unspecified atom stereocenters. The minimum Gasteiger partial charge on any atom is -0.493 e. The van der Waals surface area contributed by atoms with Crippen molar-refractivity contribution in [3.05, 3.63) is 38.8 Å². The van der Waals surface area contributed by atoms with Gasteiger partial charge in [0.15, 0.2) is 11.5 Å². The van der Waals surface area contributed by atoms with Crippen molar-refractivity contribution in [2.75, 3.05) is 21.3 Å². The molecule has 168 valence electrons. The Morgan fingerprint density at radius 2 is 1.78 bits per heavy atom. The third kappa shape index (κ3) is 3.93. The Morgan fingerprint density at radius 1 is 1.09 bits per heavy atom. The number of hydrogen-bond donors (Lipinski definition) is 1. The van der Waals surface area contributed by atoms with Crippen molar-refractivity contribution in [1.82, 2.24) is 20.2 Å². The summed E-state index contributed by atoms with van der Waals surface area (Å²) in [4.78, 5) is 21.9. The van der Waals surface area contributed by atoms with Gasteiger partial charge in [0.25, 0.3) is 10.8 Å². The van der Waals surface area contributed by atoms with E-state index in [4.69, 9.17) is 18.6 Å². The highest BCUT2D eigenvalue weighted by Gasteiger charge is 2.21. The highest BCUT2D eigenvalue weighted by atomic mass is 32.2. The van der Waals surface area contributed by atoms with Gasteiger partial charge in [0.05, 0.1) is 32.0 Å². The average molecular weight is 475 g/mol. The lowest BCUT2D eigenvalue weighted by Crippen LogP contribution is -2.12. The number of aryl methyl sites for hydroxylation is 2. The molecule has 0 saturated heterocycles. The van der Waals surface area contributed by atoms with Crippen LogP contribution < -0.4 is 19.8 Å². The number of benzene rings is 1. The zero-order valence-corrected chi connectivity index (χ0v) is 20.1. The van der Waals surface area contributed by atoms with E-state index in [9.17, 15) is 4.79 Å². The van der Waals surface area contributed by atoms with Gasteiger partial charge in [-0.15, -0.1) is 21.5 Å². The summed E-state index contributed by atoms with van der Waals surface area (Å²) < 4.78 is 22.0. The maximum Gasteiger partial charge on any atom is 0.277 e. The van der Waals surface area contributed by atoms with Crippen molar-refractivity contribution < 1.29 is 18.6 Å². The normalized spacial score (nSPS) is 12.2. The van der Waals surface area contributed by atoms with E-state index in [0.717, 1.165) is 15.3 Å². The zero-order chi connectivity index (χ0) is 23.0. The van der Waals surface area contributed by atoms with Gasteiger partial charge in [0.2, 0.25) is 11.6 Å². The van der Waals surface area contributed by atoms with Crippen molar-refractivity contribution in [3.63, 3.8) is 0 Å². The molecule has 0 saturated carbocycles. The van der Waals surface area contributed by atoms with Gasteiger partial charge in [0, 0.05) is 10.4 Å². The number of methoxy groups -OCH3 is 3. The van der Waals surface area contributed by atoms with Crippen LogP contribution in [-0.2, 0) is 0 Å². The maximum absolute atomic E-state index is 12.6. The maximum atomic E-state index is 12.6. The molecule has 0 radical (unpaired) electrons. The molecule has 0 fully saturated rings. The van der Waals surface area contributed by atoms with Crippen LogP contribution in [0, 0.1) is 13.8 Å². The largest absolute Gasteiger partial charge is 0.493 e. The number of aromatic nitrogens is 4. The molecular formula is C21H22N4O5S2. The number of aromatic amines is 1. The molecule has 1 aromatic carbocycles. The number of ether oxygens (including phenoxy) is 3. The molecule has 0 aliphatic heterocycles. The first kappa shape index (κ1) is 22.2. The molecule has 0 bridgehead atoms. The number of thioether (sulfide) groups is 1. The second-order valence-corrected chi connectivity index (χ2v) is 9.46. The summed E-state index contributed by atoms with van der Waals surface area (Å²) in [6.45, 7) is 5.85. The molecule has 32 heavy (non-hydrogen) atoms. The van der Waals surface area contributed by atoms with Crippen molar-refractivity contribution in [2.45, 2.75) is 31.2 Å². The molecule has 3 heterocycles. The Bertz CT molecular complexity index is 1320. The van der Waals surface area contributed by atoms with E-state index >= 15 is 0 Å². The van der Waals surface area contributed by atoms with E-state index in [1.807, 2.05) is 20.8 Å². The van der Waals surface area contributed by atoms with Gasteiger partial charge in [-0.2, -0.15) is 0 Å². The quantitative estimate of drug-likeness (QED) is 0.386. The van der Waals surface area contributed by atoms with E-state index in [1.165, 1.54) is 30.2 Å². The number of fused-ring (bicyclic) bond motifs is 1. The fourth-order valence-corrected chi connectivity index (χ4v) is 5.03. The minimum absolute atomic E-state index is 0.136. The van der Waals surface area contributed by atoms with Crippen LogP contribution >= 0.6 is 23.1 Å². The lowest BCUT2D eigenvalue weighted by molar-refractivity contribution is 0.324. The second-order valence-electron chi connectivity index (χ2n) is 6.96. The second kappa shape index (κ2) is 8.83. The van der Waals surface area contributed by atoms with Gasteiger partial charge < -0.3 is 23.6 Å². The van der Waals surface area contributed by atoms with Crippen LogP contribution in [-0.4, -0.2) is 41.5 Å². The predicted molar refractivity (Wildman–Crippen MR) is 123 cm³/mol. The standard InChI is InChI=1S/C21H22N4O5S2/c1-9-10(2)31-20-15(9)18(26)22-17(23-20)11(3)32-21-25-24-19(30-21)12-7-13(27-4)16(29-6)14(8-12)28-5/h7-8,11H,1-6H3,(H,22,23,26). The molecule has 0 aliphatic carbocycles. The Labute approximate surface area is 192 Å². The summed E-state index contributed by atoms with van der Waals surface area (Å²) in [5.41, 5.74) is 1.46. The van der Waals surface area contributed by atoms with Gasteiger partial charge >= 0.3 is 0 Å². The monoisotopic (exact) mass is 474 g/mol. The number of nitrogens with zero attached hydrogens (tertiary/aromatic N) is 3. The molecule has 0 spiro atoms. The minimum atomic E-state index is -0.206. The third-order valence-electron chi connectivity index (χ3n) is 5.04. The van der Waals surface area contributed by atoms with Crippen LogP contribution in [0.5, 0.6) is 17.2 Å². The topological polar surface area (TPSA) is 112 Å². The smallest absolute Gasteiger partial charge is 0.277 e. The van der Waals surface area contributed by atoms with E-state index < -0.39 is 0 Å². The fraction of sp³-hybridized carbons (Fsp3) is 0.333. The van der Waals surface area contributed by atoms with Crippen LogP contribution in [0.1, 0.15) is 28.4 Å². The molecule has 4 rings (SSSR count). The Hall–Kier alpha value is -3.05. The molecule has 0 aliphatic rings. The van der Waals surface area contributed by atoms with E-state index in [-0.39, 0.29) is 10.8 Å². The number of thiophene rings is 1. The summed E-state index contributed by atoms with van der Waals surface area (Å²) >= 11 is 2.83. The molecule has 4 aromatic rings. The molecular weight excluding hydrogens is 452 g/mol. The molecule has 1 N–H and O–H groups in total. The number of hydrogen-bond acceptors (Lipinski definition) is 10. The summed E-state index contributed by atoms with van der Waals surface area (Å²) in [5, 5.41) is 9.07. The van der Waals surface area contributed by atoms with Gasteiger partial charge in [-0.1, -0.05) is 11.8 Å². The van der Waals surface area contributed by atoms with Gasteiger partial charge in [0.1, 0.15) is 10.7 Å². The van der Waals surface area contributed by atoms with Gasteiger partial charge in [-0.3, -0.25) is 4.79 Å². The van der Waals surface area contributed by atoms with Crippen molar-refractivity contribution in [3.8, 4) is 28.7 Å². The van der Waals surface area contributed by atoms with Gasteiger partial charge in [-0.05, 0) is 38.5 Å². The van der Waals surface area contributed by atoms with E-state index in [1.54, 1.807) is 26.4 Å². The fourth-order valence-electron chi connectivity index (χ4n) is 3.25. The lowest BCUT2D eigenvalue weighted by Gasteiger charge is -2.12. The number of H-pyrrole nitrogens is 1. The Kier molecular flexibility index (Phi) is 6.11. The molecule has 0 amide bonds. The highest BCUT2D eigenvalue weighted by molar-refractivity contribution is 7.99. The average Bonchev–Trinajstić information content (AvgIpc) is 3.36. The predicted octanol–water partition coefficient (Wildman–Crippen LogP) is 4.53. The van der Waals surface area contributed by atoms with E-state index in [0.29, 0.717) is 45.1 Å². The molecule has 9 nitrogen and oxygen atoms in total. The van der Waals surface area contributed by atoms with Gasteiger partial charge in [-0.25, -0.2) is 4.98 Å². The number of rotatable bonds is 7. The SMILES string of the molecule is COc1cc(-c2nnc(SC(C)c3nc4sc(C)c(C)c4c(=O)[nH]3)o2)cc(OC)c1OC. The van der Waals surface area contributed by atoms with Crippen molar-refractivity contribution >= 4 is 33.3 Å². The van der Waals surface area contributed by atoms with Crippen LogP contribution in [0.15, 0.2) is 26.6 Å². The Balaban J connectivity index is 1.61. The highest BCUT2D eigenvalue weighted by Crippen LogP contribution is 2.42.